The van der Waals surface area contributed by atoms with Gasteiger partial charge in [0, 0.05) is 52.5 Å². The number of carbonyl (C=O) groups excluding carboxylic acids is 1. The standard InChI is InChI=1S/C20H28N2O4S/c1-15-13-17(14-21-7-9-22(10-8-21)16(2)23)3-4-18(15)26-20(19(24)25)5-11-27-12-6-20/h3-4,13H,5-12,14H2,1-2H3,(H,24,25). The minimum absolute atomic E-state index is 0.139. The first-order chi connectivity index (χ1) is 12.9. The van der Waals surface area contributed by atoms with Gasteiger partial charge in [0.2, 0.25) is 11.5 Å². The van der Waals surface area contributed by atoms with Gasteiger partial charge < -0.3 is 14.7 Å². The first-order valence-electron chi connectivity index (χ1n) is 9.47. The largest absolute Gasteiger partial charge is 0.478 e. The van der Waals surface area contributed by atoms with Gasteiger partial charge in [-0.1, -0.05) is 12.1 Å². The van der Waals surface area contributed by atoms with E-state index in [1.165, 1.54) is 5.56 Å². The van der Waals surface area contributed by atoms with Crippen molar-refractivity contribution in [3.8, 4) is 5.75 Å². The van der Waals surface area contributed by atoms with Crippen molar-refractivity contribution in [2.75, 3.05) is 37.7 Å². The van der Waals surface area contributed by atoms with Gasteiger partial charge in [0.05, 0.1) is 0 Å². The van der Waals surface area contributed by atoms with E-state index >= 15 is 0 Å². The number of hydrogen-bond acceptors (Lipinski definition) is 5. The van der Waals surface area contributed by atoms with E-state index in [0.717, 1.165) is 49.8 Å². The molecule has 1 N–H and O–H groups in total. The van der Waals surface area contributed by atoms with Crippen LogP contribution in [0.3, 0.4) is 0 Å². The molecule has 2 fully saturated rings. The zero-order chi connectivity index (χ0) is 19.4. The van der Waals surface area contributed by atoms with Crippen molar-refractivity contribution in [2.45, 2.75) is 38.8 Å². The molecule has 0 atom stereocenters. The Labute approximate surface area is 164 Å². The van der Waals surface area contributed by atoms with Crippen LogP contribution in [0.2, 0.25) is 0 Å². The van der Waals surface area contributed by atoms with Crippen molar-refractivity contribution < 1.29 is 19.4 Å². The van der Waals surface area contributed by atoms with E-state index in [0.29, 0.717) is 18.6 Å². The van der Waals surface area contributed by atoms with Crippen molar-refractivity contribution in [3.05, 3.63) is 29.3 Å². The zero-order valence-electron chi connectivity index (χ0n) is 16.1. The predicted molar refractivity (Wildman–Crippen MR) is 106 cm³/mol. The van der Waals surface area contributed by atoms with Crippen LogP contribution >= 0.6 is 11.8 Å². The van der Waals surface area contributed by atoms with Crippen LogP contribution in [0.4, 0.5) is 0 Å². The highest BCUT2D eigenvalue weighted by atomic mass is 32.2. The number of carboxylic acid groups (broad SMARTS) is 1. The van der Waals surface area contributed by atoms with Gasteiger partial charge in [-0.2, -0.15) is 11.8 Å². The Morgan fingerprint density at radius 1 is 1.19 bits per heavy atom. The molecule has 2 aliphatic heterocycles. The molecule has 0 spiro atoms. The number of carbonyl (C=O) groups is 2. The number of benzene rings is 1. The summed E-state index contributed by atoms with van der Waals surface area (Å²) in [5.74, 6) is 1.57. The number of rotatable bonds is 5. The van der Waals surface area contributed by atoms with Crippen molar-refractivity contribution in [1.82, 2.24) is 9.80 Å². The summed E-state index contributed by atoms with van der Waals surface area (Å²) in [4.78, 5) is 27.5. The van der Waals surface area contributed by atoms with Gasteiger partial charge in [0.1, 0.15) is 5.75 Å². The molecule has 1 amide bonds. The molecule has 1 aromatic carbocycles. The summed E-state index contributed by atoms with van der Waals surface area (Å²) in [5.41, 5.74) is 1.05. The lowest BCUT2D eigenvalue weighted by molar-refractivity contribution is -0.156. The van der Waals surface area contributed by atoms with Gasteiger partial charge in [-0.05, 0) is 35.6 Å². The number of nitrogens with zero attached hydrogens (tertiary/aromatic N) is 2. The average Bonchev–Trinajstić information content (AvgIpc) is 2.65. The molecule has 2 saturated heterocycles. The zero-order valence-corrected chi connectivity index (χ0v) is 16.9. The molecular weight excluding hydrogens is 364 g/mol. The van der Waals surface area contributed by atoms with Gasteiger partial charge >= 0.3 is 5.97 Å². The molecule has 148 valence electrons. The molecule has 0 saturated carbocycles. The molecule has 0 radical (unpaired) electrons. The first-order valence-corrected chi connectivity index (χ1v) is 10.6. The SMILES string of the molecule is CC(=O)N1CCN(Cc2ccc(OC3(C(=O)O)CCSCC3)c(C)c2)CC1. The second kappa shape index (κ2) is 8.52. The van der Waals surface area contributed by atoms with Crippen LogP contribution in [0.25, 0.3) is 0 Å². The number of amides is 1. The molecule has 2 heterocycles. The molecule has 0 aliphatic carbocycles. The van der Waals surface area contributed by atoms with E-state index in [2.05, 4.69) is 11.0 Å². The number of aryl methyl sites for hydroxylation is 1. The van der Waals surface area contributed by atoms with Crippen LogP contribution < -0.4 is 4.74 Å². The topological polar surface area (TPSA) is 70.1 Å². The summed E-state index contributed by atoms with van der Waals surface area (Å²) in [7, 11) is 0. The first kappa shape index (κ1) is 20.0. The average molecular weight is 393 g/mol. The summed E-state index contributed by atoms with van der Waals surface area (Å²) >= 11 is 1.78. The third kappa shape index (κ3) is 4.76. The molecular formula is C20H28N2O4S. The van der Waals surface area contributed by atoms with Gasteiger partial charge in [0.25, 0.3) is 0 Å². The van der Waals surface area contributed by atoms with Gasteiger partial charge in [0.15, 0.2) is 0 Å². The fraction of sp³-hybridized carbons (Fsp3) is 0.600. The lowest BCUT2D eigenvalue weighted by Crippen LogP contribution is -2.47. The van der Waals surface area contributed by atoms with E-state index in [1.807, 2.05) is 24.0 Å². The van der Waals surface area contributed by atoms with Crippen LogP contribution in [0.5, 0.6) is 5.75 Å². The number of ether oxygens (including phenoxy) is 1. The monoisotopic (exact) mass is 392 g/mol. The Balaban J connectivity index is 1.64. The fourth-order valence-corrected chi connectivity index (χ4v) is 4.83. The predicted octanol–water partition coefficient (Wildman–Crippen LogP) is 2.39. The van der Waals surface area contributed by atoms with Gasteiger partial charge in [-0.25, -0.2) is 4.79 Å². The second-order valence-corrected chi connectivity index (χ2v) is 8.62. The van der Waals surface area contributed by atoms with Crippen LogP contribution in [-0.2, 0) is 16.1 Å². The molecule has 0 unspecified atom stereocenters. The van der Waals surface area contributed by atoms with Crippen LogP contribution in [-0.4, -0.2) is 70.1 Å². The Morgan fingerprint density at radius 3 is 2.41 bits per heavy atom. The Hall–Kier alpha value is -1.73. The number of aliphatic carboxylic acids is 1. The molecule has 2 aliphatic rings. The smallest absolute Gasteiger partial charge is 0.348 e. The van der Waals surface area contributed by atoms with E-state index in [9.17, 15) is 14.7 Å². The van der Waals surface area contributed by atoms with Gasteiger partial charge in [-0.15, -0.1) is 0 Å². The Kier molecular flexibility index (Phi) is 6.32. The number of thioether (sulfide) groups is 1. The molecule has 3 rings (SSSR count). The van der Waals surface area contributed by atoms with Crippen molar-refractivity contribution in [2.24, 2.45) is 0 Å². The summed E-state index contributed by atoms with van der Waals surface area (Å²) in [6, 6.07) is 6.01. The van der Waals surface area contributed by atoms with Crippen LogP contribution in [0.1, 0.15) is 30.9 Å². The maximum absolute atomic E-state index is 11.8. The fourth-order valence-electron chi connectivity index (χ4n) is 3.67. The molecule has 27 heavy (non-hydrogen) atoms. The third-order valence-electron chi connectivity index (χ3n) is 5.46. The minimum atomic E-state index is -1.10. The summed E-state index contributed by atoms with van der Waals surface area (Å²) in [5, 5.41) is 9.70. The van der Waals surface area contributed by atoms with E-state index in [-0.39, 0.29) is 5.91 Å². The van der Waals surface area contributed by atoms with Crippen molar-refractivity contribution >= 4 is 23.6 Å². The van der Waals surface area contributed by atoms with E-state index in [1.54, 1.807) is 18.7 Å². The second-order valence-electron chi connectivity index (χ2n) is 7.40. The molecule has 1 aromatic rings. The molecule has 0 bridgehead atoms. The van der Waals surface area contributed by atoms with Crippen molar-refractivity contribution in [1.29, 1.82) is 0 Å². The highest BCUT2D eigenvalue weighted by Gasteiger charge is 2.42. The van der Waals surface area contributed by atoms with Crippen LogP contribution in [0.15, 0.2) is 18.2 Å². The Morgan fingerprint density at radius 2 is 1.85 bits per heavy atom. The van der Waals surface area contributed by atoms with Crippen LogP contribution in [0, 0.1) is 6.92 Å². The minimum Gasteiger partial charge on any atom is -0.478 e. The highest BCUT2D eigenvalue weighted by Crippen LogP contribution is 2.34. The number of piperazine rings is 1. The number of hydrogen-bond donors (Lipinski definition) is 1. The molecule has 0 aromatic heterocycles. The Bertz CT molecular complexity index is 695. The maximum Gasteiger partial charge on any atom is 0.348 e. The highest BCUT2D eigenvalue weighted by molar-refractivity contribution is 7.99. The quantitative estimate of drug-likeness (QED) is 0.830. The molecule has 7 heteroatoms. The van der Waals surface area contributed by atoms with E-state index < -0.39 is 11.6 Å². The third-order valence-corrected chi connectivity index (χ3v) is 6.44. The molecule has 6 nitrogen and oxygen atoms in total. The summed E-state index contributed by atoms with van der Waals surface area (Å²) in [6.45, 7) is 7.70. The normalized spacial score (nSPS) is 20.3. The lowest BCUT2D eigenvalue weighted by Gasteiger charge is -2.35. The van der Waals surface area contributed by atoms with E-state index in [4.69, 9.17) is 4.74 Å². The van der Waals surface area contributed by atoms with Gasteiger partial charge in [-0.3, -0.25) is 9.69 Å². The lowest BCUT2D eigenvalue weighted by atomic mass is 9.96. The number of carboxylic acids is 1. The maximum atomic E-state index is 11.8. The summed E-state index contributed by atoms with van der Waals surface area (Å²) in [6.07, 6.45) is 1.07. The van der Waals surface area contributed by atoms with Crippen molar-refractivity contribution in [3.63, 3.8) is 0 Å². The summed E-state index contributed by atoms with van der Waals surface area (Å²) < 4.78 is 6.05.